The number of carbonyl (C=O) groups is 1. The monoisotopic (exact) mass is 390 g/mol. The molecular formula is C23H22N2O2S. The predicted octanol–water partition coefficient (Wildman–Crippen LogP) is 5.55. The number of hydrogen-bond donors (Lipinski definition) is 1. The van der Waals surface area contributed by atoms with Crippen molar-refractivity contribution >= 4 is 23.5 Å². The van der Waals surface area contributed by atoms with Crippen molar-refractivity contribution < 1.29 is 9.53 Å². The van der Waals surface area contributed by atoms with E-state index >= 15 is 0 Å². The molecular weight excluding hydrogens is 368 g/mol. The molecule has 0 bridgehead atoms. The molecule has 0 aliphatic carbocycles. The molecule has 1 N–H and O–H groups in total. The van der Waals surface area contributed by atoms with Gasteiger partial charge in [-0.3, -0.25) is 0 Å². The van der Waals surface area contributed by atoms with Crippen LogP contribution in [0.15, 0.2) is 84.9 Å². The van der Waals surface area contributed by atoms with E-state index in [1.54, 1.807) is 11.8 Å². The van der Waals surface area contributed by atoms with Crippen molar-refractivity contribution in [3.63, 3.8) is 0 Å². The summed E-state index contributed by atoms with van der Waals surface area (Å²) in [5.74, 6) is 1.76. The summed E-state index contributed by atoms with van der Waals surface area (Å²) >= 11 is 1.78. The first-order chi connectivity index (χ1) is 13.8. The number of nitrogens with zero attached hydrogens (tertiary/aromatic N) is 1. The first kappa shape index (κ1) is 18.4. The molecule has 0 saturated carbocycles. The largest absolute Gasteiger partial charge is 0.489 e. The highest BCUT2D eigenvalue weighted by Gasteiger charge is 2.30. The molecule has 3 aromatic rings. The fourth-order valence-corrected chi connectivity index (χ4v) is 4.40. The van der Waals surface area contributed by atoms with E-state index in [4.69, 9.17) is 4.74 Å². The van der Waals surface area contributed by atoms with Gasteiger partial charge in [-0.15, -0.1) is 11.8 Å². The quantitative estimate of drug-likeness (QED) is 0.621. The second kappa shape index (κ2) is 8.85. The summed E-state index contributed by atoms with van der Waals surface area (Å²) in [6.07, 6.45) is 0. The predicted molar refractivity (Wildman–Crippen MR) is 115 cm³/mol. The maximum Gasteiger partial charge on any atom is 0.323 e. The van der Waals surface area contributed by atoms with Crippen LogP contribution < -0.4 is 10.1 Å². The number of carbonyl (C=O) groups excluding carboxylic acids is 1. The first-order valence-electron chi connectivity index (χ1n) is 9.30. The van der Waals surface area contributed by atoms with Crippen molar-refractivity contribution in [3.8, 4) is 5.75 Å². The van der Waals surface area contributed by atoms with Crippen LogP contribution in [0.2, 0.25) is 0 Å². The van der Waals surface area contributed by atoms with Crippen LogP contribution in [0.25, 0.3) is 0 Å². The summed E-state index contributed by atoms with van der Waals surface area (Å²) in [6.45, 7) is 1.28. The van der Waals surface area contributed by atoms with Crippen LogP contribution in [0.4, 0.5) is 10.5 Å². The molecule has 2 amide bonds. The van der Waals surface area contributed by atoms with E-state index in [0.29, 0.717) is 6.61 Å². The smallest absolute Gasteiger partial charge is 0.323 e. The molecule has 3 aromatic carbocycles. The van der Waals surface area contributed by atoms with E-state index in [2.05, 4.69) is 5.32 Å². The number of benzene rings is 3. The lowest BCUT2D eigenvalue weighted by molar-refractivity contribution is 0.214. The van der Waals surface area contributed by atoms with E-state index in [-0.39, 0.29) is 11.4 Å². The zero-order chi connectivity index (χ0) is 19.2. The summed E-state index contributed by atoms with van der Waals surface area (Å²) in [7, 11) is 0. The van der Waals surface area contributed by atoms with Crippen molar-refractivity contribution in [2.75, 3.05) is 17.6 Å². The van der Waals surface area contributed by atoms with E-state index in [1.165, 1.54) is 0 Å². The van der Waals surface area contributed by atoms with Crippen molar-refractivity contribution in [1.29, 1.82) is 0 Å². The minimum Gasteiger partial charge on any atom is -0.489 e. The molecule has 0 unspecified atom stereocenters. The number of para-hydroxylation sites is 1. The van der Waals surface area contributed by atoms with E-state index in [1.807, 2.05) is 89.8 Å². The summed E-state index contributed by atoms with van der Waals surface area (Å²) in [4.78, 5) is 14.6. The number of nitrogens with one attached hydrogen (secondary N) is 1. The lowest BCUT2D eigenvalue weighted by atomic mass is 10.2. The van der Waals surface area contributed by atoms with E-state index < -0.39 is 0 Å². The first-order valence-corrected chi connectivity index (χ1v) is 10.4. The number of thioether (sulfide) groups is 1. The Bertz CT molecular complexity index is 901. The van der Waals surface area contributed by atoms with Crippen molar-refractivity contribution in [2.24, 2.45) is 0 Å². The maximum atomic E-state index is 12.7. The Labute approximate surface area is 169 Å². The summed E-state index contributed by atoms with van der Waals surface area (Å²) in [6, 6.07) is 27.7. The van der Waals surface area contributed by atoms with Gasteiger partial charge in [0, 0.05) is 18.0 Å². The van der Waals surface area contributed by atoms with Crippen LogP contribution in [0, 0.1) is 0 Å². The summed E-state index contributed by atoms with van der Waals surface area (Å²) in [5.41, 5.74) is 3.06. The van der Waals surface area contributed by atoms with Crippen LogP contribution >= 0.6 is 11.8 Å². The van der Waals surface area contributed by atoms with Crippen LogP contribution in [-0.4, -0.2) is 23.2 Å². The number of urea groups is 1. The van der Waals surface area contributed by atoms with Gasteiger partial charge in [0.2, 0.25) is 0 Å². The highest BCUT2D eigenvalue weighted by atomic mass is 32.2. The Balaban J connectivity index is 1.39. The van der Waals surface area contributed by atoms with Gasteiger partial charge >= 0.3 is 6.03 Å². The van der Waals surface area contributed by atoms with Crippen LogP contribution in [0.5, 0.6) is 5.75 Å². The van der Waals surface area contributed by atoms with Gasteiger partial charge in [0.05, 0.1) is 0 Å². The van der Waals surface area contributed by atoms with Gasteiger partial charge in [-0.05, 0) is 35.4 Å². The minimum atomic E-state index is -0.0643. The van der Waals surface area contributed by atoms with E-state index in [9.17, 15) is 4.79 Å². The highest BCUT2D eigenvalue weighted by Crippen LogP contribution is 2.38. The molecule has 1 aliphatic heterocycles. The van der Waals surface area contributed by atoms with Gasteiger partial charge in [-0.25, -0.2) is 4.79 Å². The second-order valence-corrected chi connectivity index (χ2v) is 7.74. The zero-order valence-corrected chi connectivity index (χ0v) is 16.3. The average molecular weight is 391 g/mol. The lowest BCUT2D eigenvalue weighted by Gasteiger charge is -2.24. The molecule has 4 rings (SSSR count). The Hall–Kier alpha value is -2.92. The Kier molecular flexibility index (Phi) is 5.83. The third-order valence-corrected chi connectivity index (χ3v) is 5.85. The van der Waals surface area contributed by atoms with Gasteiger partial charge < -0.3 is 15.0 Å². The third-order valence-electron chi connectivity index (χ3n) is 4.59. The summed E-state index contributed by atoms with van der Waals surface area (Å²) in [5, 5.41) is 3.00. The molecule has 28 heavy (non-hydrogen) atoms. The van der Waals surface area contributed by atoms with Crippen molar-refractivity contribution in [2.45, 2.75) is 12.0 Å². The maximum absolute atomic E-state index is 12.7. The van der Waals surface area contributed by atoms with Crippen LogP contribution in [-0.2, 0) is 6.61 Å². The fourth-order valence-electron chi connectivity index (χ4n) is 3.14. The van der Waals surface area contributed by atoms with Crippen molar-refractivity contribution in [1.82, 2.24) is 4.90 Å². The number of rotatable bonds is 5. The Morgan fingerprint density at radius 2 is 1.64 bits per heavy atom. The molecule has 0 radical (unpaired) electrons. The molecule has 1 saturated heterocycles. The van der Waals surface area contributed by atoms with Gasteiger partial charge in [-0.2, -0.15) is 0 Å². The van der Waals surface area contributed by atoms with Crippen molar-refractivity contribution in [3.05, 3.63) is 96.1 Å². The molecule has 4 nitrogen and oxygen atoms in total. The lowest BCUT2D eigenvalue weighted by Crippen LogP contribution is -2.34. The molecule has 0 spiro atoms. The minimum absolute atomic E-state index is 0.0203. The SMILES string of the molecule is O=C(Nc1ccccc1)N1CCS[C@@H]1c1ccc(OCc2ccccc2)cc1. The topological polar surface area (TPSA) is 41.6 Å². The fraction of sp³-hybridized carbons (Fsp3) is 0.174. The van der Waals surface area contributed by atoms with Gasteiger partial charge in [0.1, 0.15) is 17.7 Å². The number of hydrogen-bond acceptors (Lipinski definition) is 3. The number of anilines is 1. The molecule has 5 heteroatoms. The third kappa shape index (κ3) is 4.49. The molecule has 142 valence electrons. The highest BCUT2D eigenvalue weighted by molar-refractivity contribution is 7.99. The normalized spacial score (nSPS) is 16.0. The standard InChI is InChI=1S/C23H22N2O2S/c26-23(24-20-9-5-2-6-10-20)25-15-16-28-22(25)19-11-13-21(14-12-19)27-17-18-7-3-1-4-8-18/h1-14,22H,15-17H2,(H,24,26)/t22-/m1/s1. The van der Waals surface area contributed by atoms with Gasteiger partial charge in [-0.1, -0.05) is 60.7 Å². The zero-order valence-electron chi connectivity index (χ0n) is 15.5. The molecule has 1 atom stereocenters. The number of amides is 2. The molecule has 1 heterocycles. The molecule has 1 fully saturated rings. The van der Waals surface area contributed by atoms with Gasteiger partial charge in [0.25, 0.3) is 0 Å². The number of ether oxygens (including phenoxy) is 1. The Morgan fingerprint density at radius 1 is 0.964 bits per heavy atom. The van der Waals surface area contributed by atoms with E-state index in [0.717, 1.165) is 34.9 Å². The van der Waals surface area contributed by atoms with Crippen LogP contribution in [0.3, 0.4) is 0 Å². The Morgan fingerprint density at radius 3 is 2.36 bits per heavy atom. The molecule has 1 aliphatic rings. The second-order valence-electron chi connectivity index (χ2n) is 6.56. The molecule has 0 aromatic heterocycles. The summed E-state index contributed by atoms with van der Waals surface area (Å²) < 4.78 is 5.86. The average Bonchev–Trinajstić information content (AvgIpc) is 3.24. The van der Waals surface area contributed by atoms with Crippen LogP contribution in [0.1, 0.15) is 16.5 Å². The van der Waals surface area contributed by atoms with Gasteiger partial charge in [0.15, 0.2) is 0 Å².